The van der Waals surface area contributed by atoms with E-state index in [2.05, 4.69) is 4.90 Å². The molecule has 0 aliphatic carbocycles. The van der Waals surface area contributed by atoms with Gasteiger partial charge in [-0.25, -0.2) is 8.42 Å². The van der Waals surface area contributed by atoms with Crippen molar-refractivity contribution in [1.82, 2.24) is 9.21 Å². The van der Waals surface area contributed by atoms with Gasteiger partial charge in [0.25, 0.3) is 0 Å². The molecule has 0 radical (unpaired) electrons. The van der Waals surface area contributed by atoms with Crippen LogP contribution in [0, 0.1) is 0 Å². The number of ether oxygens (including phenoxy) is 2. The summed E-state index contributed by atoms with van der Waals surface area (Å²) in [5, 5.41) is 0. The van der Waals surface area contributed by atoms with Gasteiger partial charge in [-0.1, -0.05) is 0 Å². The zero-order chi connectivity index (χ0) is 17.9. The second-order valence-corrected chi connectivity index (χ2v) is 8.62. The molecule has 0 aromatic heterocycles. The molecule has 140 valence electrons. The lowest BCUT2D eigenvalue weighted by atomic mass is 10.1. The standard InChI is InChI=1S/C18H28N2O4S/c1-3-23-11-12-24-17-6-8-18(9-7-17)25(21,22)20-14-16-5-4-10-19(16)13-15(20)2/h6-9,15-16H,3-5,10-14H2,1-2H3/t15-,16+/m0/s1. The first-order valence-electron chi connectivity index (χ1n) is 9.09. The van der Waals surface area contributed by atoms with E-state index in [0.29, 0.717) is 43.1 Å². The van der Waals surface area contributed by atoms with E-state index < -0.39 is 10.0 Å². The summed E-state index contributed by atoms with van der Waals surface area (Å²) >= 11 is 0. The summed E-state index contributed by atoms with van der Waals surface area (Å²) in [6, 6.07) is 7.08. The smallest absolute Gasteiger partial charge is 0.243 e. The maximum atomic E-state index is 13.0. The van der Waals surface area contributed by atoms with Crippen molar-refractivity contribution >= 4 is 10.0 Å². The molecule has 3 rings (SSSR count). The van der Waals surface area contributed by atoms with Crippen molar-refractivity contribution < 1.29 is 17.9 Å². The van der Waals surface area contributed by atoms with Gasteiger partial charge in [0.2, 0.25) is 10.0 Å². The molecule has 2 heterocycles. The molecule has 0 unspecified atom stereocenters. The van der Waals surface area contributed by atoms with E-state index in [1.54, 1.807) is 28.6 Å². The van der Waals surface area contributed by atoms with E-state index in [1.807, 2.05) is 13.8 Å². The first kappa shape index (κ1) is 18.6. The van der Waals surface area contributed by atoms with Crippen molar-refractivity contribution in [3.05, 3.63) is 24.3 Å². The van der Waals surface area contributed by atoms with Crippen LogP contribution < -0.4 is 4.74 Å². The third-order valence-corrected chi connectivity index (χ3v) is 7.01. The Balaban J connectivity index is 1.67. The summed E-state index contributed by atoms with van der Waals surface area (Å²) in [5.74, 6) is 0.660. The predicted octanol–water partition coefficient (Wildman–Crippen LogP) is 1.96. The van der Waals surface area contributed by atoms with Crippen molar-refractivity contribution in [2.45, 2.75) is 43.7 Å². The lowest BCUT2D eigenvalue weighted by Crippen LogP contribution is -2.56. The lowest BCUT2D eigenvalue weighted by Gasteiger charge is -2.41. The van der Waals surface area contributed by atoms with E-state index in [9.17, 15) is 8.42 Å². The summed E-state index contributed by atoms with van der Waals surface area (Å²) in [6.45, 7) is 8.09. The van der Waals surface area contributed by atoms with Gasteiger partial charge in [0.05, 0.1) is 11.5 Å². The molecule has 6 nitrogen and oxygen atoms in total. The SMILES string of the molecule is CCOCCOc1ccc(S(=O)(=O)N2C[C@H]3CCCN3C[C@@H]2C)cc1. The van der Waals surface area contributed by atoms with Crippen molar-refractivity contribution in [1.29, 1.82) is 0 Å². The zero-order valence-corrected chi connectivity index (χ0v) is 15.9. The fourth-order valence-corrected chi connectivity index (χ4v) is 5.36. The average Bonchev–Trinajstić information content (AvgIpc) is 3.05. The summed E-state index contributed by atoms with van der Waals surface area (Å²) in [7, 11) is -3.47. The van der Waals surface area contributed by atoms with Crippen LogP contribution in [0.4, 0.5) is 0 Å². The van der Waals surface area contributed by atoms with Gasteiger partial charge in [0, 0.05) is 31.8 Å². The third-order valence-electron chi connectivity index (χ3n) is 5.01. The number of benzene rings is 1. The highest BCUT2D eigenvalue weighted by molar-refractivity contribution is 7.89. The Bertz CT molecular complexity index is 662. The molecular weight excluding hydrogens is 340 g/mol. The van der Waals surface area contributed by atoms with Crippen LogP contribution in [0.2, 0.25) is 0 Å². The first-order chi connectivity index (χ1) is 12.0. The van der Waals surface area contributed by atoms with E-state index >= 15 is 0 Å². The van der Waals surface area contributed by atoms with E-state index in [-0.39, 0.29) is 6.04 Å². The van der Waals surface area contributed by atoms with E-state index in [1.165, 1.54) is 6.42 Å². The number of piperazine rings is 1. The van der Waals surface area contributed by atoms with Crippen molar-refractivity contribution in [2.75, 3.05) is 39.5 Å². The van der Waals surface area contributed by atoms with Crippen molar-refractivity contribution in [3.63, 3.8) is 0 Å². The maximum absolute atomic E-state index is 13.0. The van der Waals surface area contributed by atoms with Gasteiger partial charge in [-0.3, -0.25) is 4.90 Å². The highest BCUT2D eigenvalue weighted by Crippen LogP contribution is 2.29. The van der Waals surface area contributed by atoms with E-state index in [4.69, 9.17) is 9.47 Å². The molecule has 7 heteroatoms. The monoisotopic (exact) mass is 368 g/mol. The lowest BCUT2D eigenvalue weighted by molar-refractivity contribution is 0.110. The molecule has 25 heavy (non-hydrogen) atoms. The second-order valence-electron chi connectivity index (χ2n) is 6.73. The Labute approximate surface area is 150 Å². The second kappa shape index (κ2) is 8.03. The van der Waals surface area contributed by atoms with Crippen LogP contribution in [-0.2, 0) is 14.8 Å². The Hall–Kier alpha value is -1.15. The number of sulfonamides is 1. The van der Waals surface area contributed by atoms with Crippen LogP contribution in [0.25, 0.3) is 0 Å². The molecule has 0 bridgehead atoms. The number of fused-ring (bicyclic) bond motifs is 1. The van der Waals surface area contributed by atoms with Crippen molar-refractivity contribution in [2.24, 2.45) is 0 Å². The fourth-order valence-electron chi connectivity index (χ4n) is 3.70. The minimum atomic E-state index is -3.47. The normalized spacial score (nSPS) is 25.0. The molecule has 1 aromatic rings. The molecule has 2 atom stereocenters. The van der Waals surface area contributed by atoms with Gasteiger partial charge in [-0.15, -0.1) is 0 Å². The maximum Gasteiger partial charge on any atom is 0.243 e. The highest BCUT2D eigenvalue weighted by Gasteiger charge is 2.40. The van der Waals surface area contributed by atoms with Crippen LogP contribution in [0.15, 0.2) is 29.2 Å². The molecule has 2 saturated heterocycles. The number of rotatable bonds is 7. The minimum absolute atomic E-state index is 0.00136. The third kappa shape index (κ3) is 4.16. The first-order valence-corrected chi connectivity index (χ1v) is 10.5. The van der Waals surface area contributed by atoms with Crippen LogP contribution in [0.1, 0.15) is 26.7 Å². The van der Waals surface area contributed by atoms with Gasteiger partial charge in [-0.05, 0) is 57.5 Å². The molecular formula is C18H28N2O4S. The summed E-state index contributed by atoms with van der Waals surface area (Å²) in [6.07, 6.45) is 2.25. The molecule has 1 aromatic carbocycles. The topological polar surface area (TPSA) is 59.1 Å². The van der Waals surface area contributed by atoms with Gasteiger partial charge in [0.15, 0.2) is 0 Å². The molecule has 0 saturated carbocycles. The van der Waals surface area contributed by atoms with Gasteiger partial charge in [-0.2, -0.15) is 4.31 Å². The molecule has 0 amide bonds. The summed E-state index contributed by atoms with van der Waals surface area (Å²) in [5.41, 5.74) is 0. The Morgan fingerprint density at radius 2 is 1.92 bits per heavy atom. The van der Waals surface area contributed by atoms with E-state index in [0.717, 1.165) is 19.5 Å². The fraction of sp³-hybridized carbons (Fsp3) is 0.667. The number of hydrogen-bond donors (Lipinski definition) is 0. The molecule has 0 spiro atoms. The van der Waals surface area contributed by atoms with Crippen LogP contribution in [-0.4, -0.2) is 69.2 Å². The average molecular weight is 368 g/mol. The van der Waals surface area contributed by atoms with Gasteiger partial charge in [0.1, 0.15) is 12.4 Å². The largest absolute Gasteiger partial charge is 0.491 e. The molecule has 2 aliphatic heterocycles. The quantitative estimate of drug-likeness (QED) is 0.689. The van der Waals surface area contributed by atoms with Crippen LogP contribution in [0.5, 0.6) is 5.75 Å². The Morgan fingerprint density at radius 1 is 1.16 bits per heavy atom. The molecule has 2 fully saturated rings. The van der Waals surface area contributed by atoms with Crippen LogP contribution >= 0.6 is 0 Å². The highest BCUT2D eigenvalue weighted by atomic mass is 32.2. The summed E-state index contributed by atoms with van der Waals surface area (Å²) in [4.78, 5) is 2.76. The Kier molecular flexibility index (Phi) is 5.99. The molecule has 0 N–H and O–H groups in total. The Morgan fingerprint density at radius 3 is 2.64 bits per heavy atom. The van der Waals surface area contributed by atoms with Gasteiger partial charge < -0.3 is 9.47 Å². The number of nitrogens with zero attached hydrogens (tertiary/aromatic N) is 2. The molecule has 2 aliphatic rings. The zero-order valence-electron chi connectivity index (χ0n) is 15.1. The summed E-state index contributed by atoms with van der Waals surface area (Å²) < 4.78 is 38.5. The van der Waals surface area contributed by atoms with Crippen LogP contribution in [0.3, 0.4) is 0 Å². The van der Waals surface area contributed by atoms with Gasteiger partial charge >= 0.3 is 0 Å². The number of hydrogen-bond acceptors (Lipinski definition) is 5. The van der Waals surface area contributed by atoms with Crippen molar-refractivity contribution in [3.8, 4) is 5.75 Å². The minimum Gasteiger partial charge on any atom is -0.491 e. The predicted molar refractivity (Wildman–Crippen MR) is 96.4 cm³/mol.